The topological polar surface area (TPSA) is 12.0 Å². The van der Waals surface area contributed by atoms with Gasteiger partial charge in [-0.25, -0.2) is 4.39 Å². The molecular formula is C17H18BrClFN. The highest BCUT2D eigenvalue weighted by atomic mass is 79.9. The Morgan fingerprint density at radius 3 is 2.19 bits per heavy atom. The zero-order valence-corrected chi connectivity index (χ0v) is 14.6. The van der Waals surface area contributed by atoms with Crippen molar-refractivity contribution in [3.63, 3.8) is 0 Å². The monoisotopic (exact) mass is 369 g/mol. The second kappa shape index (κ2) is 6.91. The molecule has 0 spiro atoms. The lowest BCUT2D eigenvalue weighted by atomic mass is 9.95. The van der Waals surface area contributed by atoms with Gasteiger partial charge in [-0.05, 0) is 60.8 Å². The van der Waals surface area contributed by atoms with Crippen LogP contribution in [0.3, 0.4) is 0 Å². The van der Waals surface area contributed by atoms with Crippen molar-refractivity contribution in [3.05, 3.63) is 67.9 Å². The lowest BCUT2D eigenvalue weighted by molar-refractivity contribution is 0.598. The minimum Gasteiger partial charge on any atom is -0.307 e. The molecular weight excluding hydrogens is 353 g/mol. The molecule has 1 nitrogen and oxygen atoms in total. The van der Waals surface area contributed by atoms with Crippen LogP contribution in [-0.4, -0.2) is 6.54 Å². The van der Waals surface area contributed by atoms with E-state index in [9.17, 15) is 4.39 Å². The molecule has 0 amide bonds. The van der Waals surface area contributed by atoms with E-state index >= 15 is 0 Å². The van der Waals surface area contributed by atoms with Gasteiger partial charge in [0.05, 0.1) is 6.04 Å². The fourth-order valence-corrected chi connectivity index (χ4v) is 3.41. The molecule has 0 aliphatic heterocycles. The maximum atomic E-state index is 13.8. The molecule has 0 bridgehead atoms. The lowest BCUT2D eigenvalue weighted by Crippen LogP contribution is -2.22. The van der Waals surface area contributed by atoms with Crippen LogP contribution in [-0.2, 0) is 0 Å². The van der Waals surface area contributed by atoms with Gasteiger partial charge < -0.3 is 5.32 Å². The highest BCUT2D eigenvalue weighted by molar-refractivity contribution is 9.10. The van der Waals surface area contributed by atoms with Crippen molar-refractivity contribution in [1.82, 2.24) is 5.32 Å². The van der Waals surface area contributed by atoms with Crippen LogP contribution in [0.15, 0.2) is 34.8 Å². The number of benzene rings is 2. The number of halogens is 3. The molecule has 2 rings (SSSR count). The highest BCUT2D eigenvalue weighted by Gasteiger charge is 2.16. The molecule has 1 unspecified atom stereocenters. The van der Waals surface area contributed by atoms with E-state index in [0.29, 0.717) is 16.1 Å². The summed E-state index contributed by atoms with van der Waals surface area (Å²) in [5.41, 5.74) is 3.42. The second-order valence-corrected chi connectivity index (χ2v) is 6.51. The van der Waals surface area contributed by atoms with Gasteiger partial charge in [0.15, 0.2) is 0 Å². The Hall–Kier alpha value is -0.900. The normalized spacial score (nSPS) is 12.5. The number of nitrogens with one attached hydrogen (secondary N) is 1. The summed E-state index contributed by atoms with van der Waals surface area (Å²) in [7, 11) is 0. The molecule has 0 radical (unpaired) electrons. The molecule has 2 aromatic carbocycles. The number of aryl methyl sites for hydroxylation is 2. The van der Waals surface area contributed by atoms with Gasteiger partial charge in [0.25, 0.3) is 0 Å². The predicted molar refractivity (Wildman–Crippen MR) is 90.5 cm³/mol. The Bertz CT molecular complexity index is 614. The molecule has 2 aromatic rings. The van der Waals surface area contributed by atoms with E-state index in [2.05, 4.69) is 28.2 Å². The van der Waals surface area contributed by atoms with Crippen LogP contribution >= 0.6 is 27.5 Å². The van der Waals surface area contributed by atoms with Crippen LogP contribution in [0.5, 0.6) is 0 Å². The fraction of sp³-hybridized carbons (Fsp3) is 0.294. The van der Waals surface area contributed by atoms with Gasteiger partial charge in [-0.1, -0.05) is 46.6 Å². The van der Waals surface area contributed by atoms with Crippen molar-refractivity contribution >= 4 is 27.5 Å². The van der Waals surface area contributed by atoms with Crippen LogP contribution in [0.2, 0.25) is 5.02 Å². The second-order valence-electron chi connectivity index (χ2n) is 5.16. The molecule has 112 valence electrons. The maximum absolute atomic E-state index is 13.8. The Morgan fingerprint density at radius 1 is 1.10 bits per heavy atom. The van der Waals surface area contributed by atoms with Crippen LogP contribution in [0.4, 0.5) is 4.39 Å². The first-order valence-corrected chi connectivity index (χ1v) is 8.05. The largest absolute Gasteiger partial charge is 0.307 e. The SMILES string of the molecule is CCNC(c1cc(Cl)cc(Br)c1)c1cc(C)c(F)c(C)c1. The zero-order chi connectivity index (χ0) is 15.6. The van der Waals surface area contributed by atoms with Crippen LogP contribution < -0.4 is 5.32 Å². The molecule has 1 N–H and O–H groups in total. The molecule has 0 saturated carbocycles. The third-order valence-electron chi connectivity index (χ3n) is 3.42. The lowest BCUT2D eigenvalue weighted by Gasteiger charge is -2.21. The van der Waals surface area contributed by atoms with Crippen molar-refractivity contribution in [2.75, 3.05) is 6.54 Å². The molecule has 4 heteroatoms. The van der Waals surface area contributed by atoms with Gasteiger partial charge in [-0.15, -0.1) is 0 Å². The summed E-state index contributed by atoms with van der Waals surface area (Å²) in [5.74, 6) is -0.138. The Balaban J connectivity index is 2.53. The quantitative estimate of drug-likeness (QED) is 0.743. The van der Waals surface area contributed by atoms with Crippen LogP contribution in [0, 0.1) is 19.7 Å². The average Bonchev–Trinajstić information content (AvgIpc) is 2.40. The first-order valence-electron chi connectivity index (χ1n) is 6.88. The third kappa shape index (κ3) is 3.85. The number of hydrogen-bond donors (Lipinski definition) is 1. The van der Waals surface area contributed by atoms with Gasteiger partial charge in [-0.2, -0.15) is 0 Å². The first-order chi connectivity index (χ1) is 9.92. The minimum absolute atomic E-state index is 0.0111. The van der Waals surface area contributed by atoms with E-state index in [1.165, 1.54) is 0 Å². The summed E-state index contributed by atoms with van der Waals surface area (Å²) in [6.07, 6.45) is 0. The van der Waals surface area contributed by atoms with Crippen molar-refractivity contribution in [2.24, 2.45) is 0 Å². The molecule has 0 fully saturated rings. The Morgan fingerprint density at radius 2 is 1.67 bits per heavy atom. The fourth-order valence-electron chi connectivity index (χ4n) is 2.52. The highest BCUT2D eigenvalue weighted by Crippen LogP contribution is 2.29. The summed E-state index contributed by atoms with van der Waals surface area (Å²) in [6.45, 7) is 6.45. The molecule has 1 atom stereocenters. The van der Waals surface area contributed by atoms with E-state index in [0.717, 1.165) is 22.1 Å². The zero-order valence-electron chi connectivity index (χ0n) is 12.3. The molecule has 0 aliphatic rings. The molecule has 0 aromatic heterocycles. The summed E-state index contributed by atoms with van der Waals surface area (Å²) in [6, 6.07) is 9.61. The smallest absolute Gasteiger partial charge is 0.129 e. The predicted octanol–water partition coefficient (Wildman–Crippen LogP) is 5.56. The summed E-state index contributed by atoms with van der Waals surface area (Å²) in [5, 5.41) is 4.12. The third-order valence-corrected chi connectivity index (χ3v) is 4.09. The van der Waals surface area contributed by atoms with Crippen LogP contribution in [0.25, 0.3) is 0 Å². The number of hydrogen-bond acceptors (Lipinski definition) is 1. The van der Waals surface area contributed by atoms with Gasteiger partial charge in [0.2, 0.25) is 0 Å². The minimum atomic E-state index is -0.138. The van der Waals surface area contributed by atoms with Crippen LogP contribution in [0.1, 0.15) is 35.2 Å². The Kier molecular flexibility index (Phi) is 5.42. The molecule has 0 aliphatic carbocycles. The van der Waals surface area contributed by atoms with Crippen molar-refractivity contribution < 1.29 is 4.39 Å². The van der Waals surface area contributed by atoms with Crippen molar-refractivity contribution in [1.29, 1.82) is 0 Å². The van der Waals surface area contributed by atoms with E-state index in [-0.39, 0.29) is 11.9 Å². The van der Waals surface area contributed by atoms with E-state index in [1.54, 1.807) is 13.8 Å². The van der Waals surface area contributed by atoms with E-state index in [1.807, 2.05) is 30.3 Å². The standard InChI is InChI=1S/C17H18BrClFN/c1-4-21-17(13-7-14(18)9-15(19)8-13)12-5-10(2)16(20)11(3)6-12/h5-9,17,21H,4H2,1-3H3. The van der Waals surface area contributed by atoms with E-state index < -0.39 is 0 Å². The molecule has 21 heavy (non-hydrogen) atoms. The van der Waals surface area contributed by atoms with Crippen molar-refractivity contribution in [2.45, 2.75) is 26.8 Å². The summed E-state index contributed by atoms with van der Waals surface area (Å²) in [4.78, 5) is 0. The van der Waals surface area contributed by atoms with Gasteiger partial charge in [-0.3, -0.25) is 0 Å². The van der Waals surface area contributed by atoms with E-state index in [4.69, 9.17) is 11.6 Å². The van der Waals surface area contributed by atoms with Gasteiger partial charge in [0, 0.05) is 9.50 Å². The summed E-state index contributed by atoms with van der Waals surface area (Å²) >= 11 is 9.63. The van der Waals surface area contributed by atoms with Gasteiger partial charge in [0.1, 0.15) is 5.82 Å². The molecule has 0 saturated heterocycles. The maximum Gasteiger partial charge on any atom is 0.129 e. The van der Waals surface area contributed by atoms with Gasteiger partial charge >= 0.3 is 0 Å². The number of rotatable bonds is 4. The first kappa shape index (κ1) is 16.5. The molecule has 0 heterocycles. The average molecular weight is 371 g/mol. The summed E-state index contributed by atoms with van der Waals surface area (Å²) < 4.78 is 14.8. The van der Waals surface area contributed by atoms with Crippen molar-refractivity contribution in [3.8, 4) is 0 Å². The Labute approximate surface area is 138 Å².